The van der Waals surface area contributed by atoms with Crippen molar-refractivity contribution in [3.05, 3.63) is 71.4 Å². The number of hydrogen-bond donors (Lipinski definition) is 1. The highest BCUT2D eigenvalue weighted by atomic mass is 16.1. The van der Waals surface area contributed by atoms with Crippen molar-refractivity contribution in [3.8, 4) is 0 Å². The lowest BCUT2D eigenvalue weighted by molar-refractivity contribution is -0.120. The number of piperidine rings is 1. The Morgan fingerprint density at radius 3 is 2.45 bits per heavy atom. The third-order valence-corrected chi connectivity index (χ3v) is 6.39. The minimum atomic E-state index is 0.0920. The van der Waals surface area contributed by atoms with E-state index in [1.807, 2.05) is 13.8 Å². The van der Waals surface area contributed by atoms with Crippen molar-refractivity contribution in [2.24, 2.45) is 0 Å². The minimum absolute atomic E-state index is 0.0920. The summed E-state index contributed by atoms with van der Waals surface area (Å²) in [6.07, 6.45) is 6.15. The molecule has 0 bridgehead atoms. The Balaban J connectivity index is 1.36. The van der Waals surface area contributed by atoms with E-state index in [0.717, 1.165) is 31.6 Å². The fraction of sp³-hybridized carbons (Fsp3) is 0.444. The second kappa shape index (κ2) is 9.69. The Labute approximate surface area is 186 Å². The van der Waals surface area contributed by atoms with Crippen LogP contribution >= 0.6 is 0 Å². The minimum Gasteiger partial charge on any atom is -0.354 e. The standard InChI is InChI=1S/C27H35N3O/c1-20(2)28-27(31)19-23-8-9-24-11-17-30(26(24)18-23)25-12-15-29(16-13-25)14-10-22-6-4-21(3)5-7-22/h4-9,11,17-18,20,25H,10,12-16,19H2,1-3H3,(H,28,31). The molecule has 0 unspecified atom stereocenters. The monoisotopic (exact) mass is 417 g/mol. The molecule has 4 nitrogen and oxygen atoms in total. The Kier molecular flexibility index (Phi) is 6.77. The largest absolute Gasteiger partial charge is 0.354 e. The zero-order valence-electron chi connectivity index (χ0n) is 19.1. The predicted octanol–water partition coefficient (Wildman–Crippen LogP) is 4.90. The van der Waals surface area contributed by atoms with Crippen LogP contribution in [0.4, 0.5) is 0 Å². The summed E-state index contributed by atoms with van der Waals surface area (Å²) in [5, 5.41) is 4.25. The average Bonchev–Trinajstić information content (AvgIpc) is 3.16. The topological polar surface area (TPSA) is 37.3 Å². The zero-order valence-corrected chi connectivity index (χ0v) is 19.1. The molecule has 3 aromatic rings. The van der Waals surface area contributed by atoms with Crippen LogP contribution in [0, 0.1) is 6.92 Å². The van der Waals surface area contributed by atoms with Crippen molar-refractivity contribution in [2.75, 3.05) is 19.6 Å². The summed E-state index contributed by atoms with van der Waals surface area (Å²) < 4.78 is 2.44. The molecule has 0 saturated carbocycles. The lowest BCUT2D eigenvalue weighted by Crippen LogP contribution is -2.35. The first-order valence-electron chi connectivity index (χ1n) is 11.6. The van der Waals surface area contributed by atoms with E-state index in [0.29, 0.717) is 12.5 Å². The van der Waals surface area contributed by atoms with Crippen LogP contribution in [0.1, 0.15) is 49.4 Å². The van der Waals surface area contributed by atoms with Crippen molar-refractivity contribution >= 4 is 16.8 Å². The van der Waals surface area contributed by atoms with Crippen molar-refractivity contribution in [3.63, 3.8) is 0 Å². The maximum absolute atomic E-state index is 12.2. The molecule has 1 fully saturated rings. The second-order valence-electron chi connectivity index (χ2n) is 9.32. The molecule has 1 N–H and O–H groups in total. The Bertz CT molecular complexity index is 1010. The highest BCUT2D eigenvalue weighted by Crippen LogP contribution is 2.28. The van der Waals surface area contributed by atoms with Gasteiger partial charge in [0.05, 0.1) is 6.42 Å². The second-order valence-corrected chi connectivity index (χ2v) is 9.32. The number of hydrogen-bond acceptors (Lipinski definition) is 2. The number of carbonyl (C=O) groups excluding carboxylic acids is 1. The first kappa shape index (κ1) is 21.6. The molecule has 164 valence electrons. The molecule has 1 aromatic heterocycles. The Morgan fingerprint density at radius 1 is 1.03 bits per heavy atom. The lowest BCUT2D eigenvalue weighted by Gasteiger charge is -2.33. The van der Waals surface area contributed by atoms with Gasteiger partial charge in [0.25, 0.3) is 0 Å². The fourth-order valence-corrected chi connectivity index (χ4v) is 4.64. The van der Waals surface area contributed by atoms with Crippen LogP contribution in [0.5, 0.6) is 0 Å². The average molecular weight is 418 g/mol. The molecular formula is C27H35N3O. The van der Waals surface area contributed by atoms with Crippen LogP contribution in [0.3, 0.4) is 0 Å². The maximum Gasteiger partial charge on any atom is 0.224 e. The van der Waals surface area contributed by atoms with Crippen molar-refractivity contribution in [1.82, 2.24) is 14.8 Å². The van der Waals surface area contributed by atoms with Crippen LogP contribution in [0.2, 0.25) is 0 Å². The van der Waals surface area contributed by atoms with Crippen LogP contribution in [0.15, 0.2) is 54.7 Å². The fourth-order valence-electron chi connectivity index (χ4n) is 4.64. The van der Waals surface area contributed by atoms with Crippen molar-refractivity contribution in [1.29, 1.82) is 0 Å². The van der Waals surface area contributed by atoms with E-state index >= 15 is 0 Å². The number of carbonyl (C=O) groups is 1. The third kappa shape index (κ3) is 5.56. The van der Waals surface area contributed by atoms with E-state index in [-0.39, 0.29) is 11.9 Å². The number of likely N-dealkylation sites (tertiary alicyclic amines) is 1. The van der Waals surface area contributed by atoms with Crippen LogP contribution in [-0.2, 0) is 17.6 Å². The molecule has 0 atom stereocenters. The summed E-state index contributed by atoms with van der Waals surface area (Å²) in [7, 11) is 0. The SMILES string of the molecule is Cc1ccc(CCN2CCC(n3ccc4ccc(CC(=O)NC(C)C)cc43)CC2)cc1. The molecule has 4 rings (SSSR count). The quantitative estimate of drug-likeness (QED) is 0.594. The summed E-state index contributed by atoms with van der Waals surface area (Å²) in [5.41, 5.74) is 5.10. The lowest BCUT2D eigenvalue weighted by atomic mass is 10.0. The molecule has 2 heterocycles. The molecule has 2 aromatic carbocycles. The summed E-state index contributed by atoms with van der Waals surface area (Å²) in [6.45, 7) is 9.57. The summed E-state index contributed by atoms with van der Waals surface area (Å²) >= 11 is 0. The number of rotatable bonds is 7. The van der Waals surface area contributed by atoms with Crippen LogP contribution < -0.4 is 5.32 Å². The maximum atomic E-state index is 12.2. The summed E-state index contributed by atoms with van der Waals surface area (Å²) in [5.74, 6) is 0.0920. The highest BCUT2D eigenvalue weighted by molar-refractivity contribution is 5.84. The molecule has 1 aliphatic rings. The molecule has 0 radical (unpaired) electrons. The van der Waals surface area contributed by atoms with Gasteiger partial charge in [-0.15, -0.1) is 0 Å². The van der Waals surface area contributed by atoms with Gasteiger partial charge >= 0.3 is 0 Å². The molecule has 4 heteroatoms. The van der Waals surface area contributed by atoms with Gasteiger partial charge in [-0.25, -0.2) is 0 Å². The summed E-state index contributed by atoms with van der Waals surface area (Å²) in [4.78, 5) is 14.8. The molecule has 0 spiro atoms. The number of aryl methyl sites for hydroxylation is 1. The first-order valence-corrected chi connectivity index (χ1v) is 11.6. The Hall–Kier alpha value is -2.59. The van der Waals surface area contributed by atoms with E-state index in [9.17, 15) is 4.79 Å². The van der Waals surface area contributed by atoms with E-state index in [4.69, 9.17) is 0 Å². The predicted molar refractivity (Wildman–Crippen MR) is 129 cm³/mol. The van der Waals surface area contributed by atoms with E-state index in [1.54, 1.807) is 0 Å². The number of nitrogens with zero attached hydrogens (tertiary/aromatic N) is 2. The van der Waals surface area contributed by atoms with Crippen LogP contribution in [-0.4, -0.2) is 41.1 Å². The van der Waals surface area contributed by atoms with Crippen molar-refractivity contribution in [2.45, 2.75) is 58.5 Å². The molecule has 1 amide bonds. The van der Waals surface area contributed by atoms with Gasteiger partial charge in [0.15, 0.2) is 0 Å². The molecular weight excluding hydrogens is 382 g/mol. The smallest absolute Gasteiger partial charge is 0.224 e. The Morgan fingerprint density at radius 2 is 1.74 bits per heavy atom. The van der Waals surface area contributed by atoms with Gasteiger partial charge in [0.2, 0.25) is 5.91 Å². The van der Waals surface area contributed by atoms with Gasteiger partial charge in [-0.1, -0.05) is 42.0 Å². The number of benzene rings is 2. The first-order chi connectivity index (χ1) is 15.0. The van der Waals surface area contributed by atoms with E-state index in [2.05, 4.69) is 76.4 Å². The third-order valence-electron chi connectivity index (χ3n) is 6.39. The van der Waals surface area contributed by atoms with Gasteiger partial charge in [0, 0.05) is 43.4 Å². The van der Waals surface area contributed by atoms with Gasteiger partial charge in [-0.05, 0) is 68.7 Å². The molecule has 31 heavy (non-hydrogen) atoms. The summed E-state index contributed by atoms with van der Waals surface area (Å²) in [6, 6.07) is 18.3. The van der Waals surface area contributed by atoms with Crippen LogP contribution in [0.25, 0.3) is 10.9 Å². The number of amides is 1. The van der Waals surface area contributed by atoms with E-state index in [1.165, 1.54) is 34.9 Å². The number of aromatic nitrogens is 1. The van der Waals surface area contributed by atoms with Gasteiger partial charge < -0.3 is 14.8 Å². The zero-order chi connectivity index (χ0) is 21.8. The van der Waals surface area contributed by atoms with Crippen molar-refractivity contribution < 1.29 is 4.79 Å². The number of fused-ring (bicyclic) bond motifs is 1. The molecule has 0 aliphatic carbocycles. The van der Waals surface area contributed by atoms with E-state index < -0.39 is 0 Å². The number of nitrogens with one attached hydrogen (secondary N) is 1. The van der Waals surface area contributed by atoms with Gasteiger partial charge in [-0.2, -0.15) is 0 Å². The normalized spacial score (nSPS) is 15.6. The molecule has 1 aliphatic heterocycles. The van der Waals surface area contributed by atoms with Gasteiger partial charge in [-0.3, -0.25) is 4.79 Å². The van der Waals surface area contributed by atoms with Gasteiger partial charge in [0.1, 0.15) is 0 Å². The highest BCUT2D eigenvalue weighted by Gasteiger charge is 2.21. The molecule has 1 saturated heterocycles.